The highest BCUT2D eigenvalue weighted by Crippen LogP contribution is 2.20. The molecule has 1 aromatic rings. The van der Waals surface area contributed by atoms with Gasteiger partial charge >= 0.3 is 0 Å². The summed E-state index contributed by atoms with van der Waals surface area (Å²) < 4.78 is 0. The molecule has 0 bridgehead atoms. The van der Waals surface area contributed by atoms with Crippen molar-refractivity contribution < 1.29 is 4.79 Å². The molecule has 0 spiro atoms. The van der Waals surface area contributed by atoms with Crippen molar-refractivity contribution in [3.05, 3.63) is 34.9 Å². The predicted octanol–water partition coefficient (Wildman–Crippen LogP) is 2.01. The number of piperidine rings is 1. The molecule has 0 saturated carbocycles. The molecule has 4 nitrogen and oxygen atoms in total. The summed E-state index contributed by atoms with van der Waals surface area (Å²) in [5, 5.41) is 2.92. The summed E-state index contributed by atoms with van der Waals surface area (Å²) in [5.74, 6) is 0.265. The van der Waals surface area contributed by atoms with E-state index in [1.165, 1.54) is 16.7 Å². The molecule has 124 valence electrons. The van der Waals surface area contributed by atoms with Crippen LogP contribution in [0.1, 0.15) is 29.5 Å². The van der Waals surface area contributed by atoms with Crippen molar-refractivity contribution in [1.29, 1.82) is 0 Å². The Kier molecular flexibility index (Phi) is 7.87. The molecule has 1 aliphatic heterocycles. The number of aryl methyl sites for hydroxylation is 2. The molecular formula is C17H28ClN3O. The van der Waals surface area contributed by atoms with Gasteiger partial charge in [-0.3, -0.25) is 9.69 Å². The lowest BCUT2D eigenvalue weighted by atomic mass is 9.96. The van der Waals surface area contributed by atoms with E-state index in [0.29, 0.717) is 13.1 Å². The van der Waals surface area contributed by atoms with Crippen LogP contribution in [0.5, 0.6) is 0 Å². The SMILES string of the molecule is Cc1ccc(C)c(CN2CCCC(C(=O)NCCN)C2)c1.Cl. The number of nitrogens with zero attached hydrogens (tertiary/aromatic N) is 1. The maximum atomic E-state index is 12.1. The third-order valence-electron chi connectivity index (χ3n) is 4.22. The van der Waals surface area contributed by atoms with E-state index in [1.807, 2.05) is 0 Å². The summed E-state index contributed by atoms with van der Waals surface area (Å²) in [6.45, 7) is 8.23. The number of nitrogens with two attached hydrogens (primary N) is 1. The molecule has 0 radical (unpaired) electrons. The third kappa shape index (κ3) is 5.27. The molecule has 0 aliphatic carbocycles. The molecule has 1 aromatic carbocycles. The highest BCUT2D eigenvalue weighted by Gasteiger charge is 2.25. The Labute approximate surface area is 139 Å². The number of carbonyl (C=O) groups is 1. The van der Waals surface area contributed by atoms with Crippen LogP contribution in [0.15, 0.2) is 18.2 Å². The number of benzene rings is 1. The molecule has 1 saturated heterocycles. The van der Waals surface area contributed by atoms with Crippen LogP contribution >= 0.6 is 12.4 Å². The lowest BCUT2D eigenvalue weighted by Crippen LogP contribution is -2.43. The summed E-state index contributed by atoms with van der Waals surface area (Å²) in [4.78, 5) is 14.5. The van der Waals surface area contributed by atoms with Gasteiger partial charge in [-0.2, -0.15) is 0 Å². The van der Waals surface area contributed by atoms with Crippen LogP contribution in [0.4, 0.5) is 0 Å². The monoisotopic (exact) mass is 325 g/mol. The maximum absolute atomic E-state index is 12.1. The van der Waals surface area contributed by atoms with E-state index in [9.17, 15) is 4.79 Å². The molecule has 0 aromatic heterocycles. The number of halogens is 1. The number of hydrogen-bond donors (Lipinski definition) is 2. The molecule has 1 heterocycles. The van der Waals surface area contributed by atoms with E-state index in [0.717, 1.165) is 32.5 Å². The Morgan fingerprint density at radius 1 is 1.41 bits per heavy atom. The van der Waals surface area contributed by atoms with E-state index in [1.54, 1.807) is 0 Å². The van der Waals surface area contributed by atoms with E-state index < -0.39 is 0 Å². The van der Waals surface area contributed by atoms with Gasteiger partial charge < -0.3 is 11.1 Å². The van der Waals surface area contributed by atoms with Crippen LogP contribution in [-0.4, -0.2) is 37.0 Å². The Morgan fingerprint density at radius 2 is 2.18 bits per heavy atom. The van der Waals surface area contributed by atoms with Crippen LogP contribution in [-0.2, 0) is 11.3 Å². The molecule has 3 N–H and O–H groups in total. The first-order valence-electron chi connectivity index (χ1n) is 7.86. The van der Waals surface area contributed by atoms with E-state index >= 15 is 0 Å². The van der Waals surface area contributed by atoms with Gasteiger partial charge in [0.15, 0.2) is 0 Å². The number of likely N-dealkylation sites (tertiary alicyclic amines) is 1. The summed E-state index contributed by atoms with van der Waals surface area (Å²) in [6.07, 6.45) is 2.07. The number of rotatable bonds is 5. The van der Waals surface area contributed by atoms with E-state index in [-0.39, 0.29) is 24.2 Å². The van der Waals surface area contributed by atoms with E-state index in [2.05, 4.69) is 42.3 Å². The second kappa shape index (κ2) is 9.13. The standard InChI is InChI=1S/C17H27N3O.ClH/c1-13-5-6-14(2)16(10-13)12-20-9-3-4-15(11-20)17(21)19-8-7-18;/h5-6,10,15H,3-4,7-9,11-12,18H2,1-2H3,(H,19,21);1H. The molecule has 5 heteroatoms. The first kappa shape index (κ1) is 18.9. The molecule has 22 heavy (non-hydrogen) atoms. The van der Waals surface area contributed by atoms with Crippen molar-refractivity contribution in [3.63, 3.8) is 0 Å². The number of amides is 1. The van der Waals surface area contributed by atoms with Crippen molar-refractivity contribution in [2.45, 2.75) is 33.2 Å². The average molecular weight is 326 g/mol. The fourth-order valence-corrected chi connectivity index (χ4v) is 2.96. The zero-order valence-corrected chi connectivity index (χ0v) is 14.4. The molecule has 1 amide bonds. The van der Waals surface area contributed by atoms with Gasteiger partial charge in [0.2, 0.25) is 5.91 Å². The van der Waals surface area contributed by atoms with Gasteiger partial charge in [0.05, 0.1) is 5.92 Å². The summed E-state index contributed by atoms with van der Waals surface area (Å²) in [5.41, 5.74) is 9.44. The molecule has 1 unspecified atom stereocenters. The first-order chi connectivity index (χ1) is 10.1. The second-order valence-corrected chi connectivity index (χ2v) is 6.08. The summed E-state index contributed by atoms with van der Waals surface area (Å²) >= 11 is 0. The Morgan fingerprint density at radius 3 is 2.91 bits per heavy atom. The quantitative estimate of drug-likeness (QED) is 0.870. The number of carbonyl (C=O) groups excluding carboxylic acids is 1. The van der Waals surface area contributed by atoms with Gasteiger partial charge in [-0.1, -0.05) is 23.8 Å². The molecular weight excluding hydrogens is 298 g/mol. The van der Waals surface area contributed by atoms with Crippen LogP contribution in [0, 0.1) is 19.8 Å². The van der Waals surface area contributed by atoms with Gasteiger partial charge in [0.1, 0.15) is 0 Å². The van der Waals surface area contributed by atoms with Crippen molar-refractivity contribution in [1.82, 2.24) is 10.2 Å². The predicted molar refractivity (Wildman–Crippen MR) is 93.2 cm³/mol. The lowest BCUT2D eigenvalue weighted by molar-refractivity contribution is -0.126. The van der Waals surface area contributed by atoms with Gasteiger partial charge in [0, 0.05) is 26.2 Å². The van der Waals surface area contributed by atoms with Crippen LogP contribution in [0.25, 0.3) is 0 Å². The van der Waals surface area contributed by atoms with Gasteiger partial charge in [-0.25, -0.2) is 0 Å². The van der Waals surface area contributed by atoms with E-state index in [4.69, 9.17) is 5.73 Å². The Balaban J connectivity index is 0.00000242. The zero-order chi connectivity index (χ0) is 15.2. The fraction of sp³-hybridized carbons (Fsp3) is 0.588. The largest absolute Gasteiger partial charge is 0.355 e. The molecule has 1 aliphatic rings. The third-order valence-corrected chi connectivity index (χ3v) is 4.22. The van der Waals surface area contributed by atoms with Crippen molar-refractivity contribution in [3.8, 4) is 0 Å². The Hall–Kier alpha value is -1.10. The highest BCUT2D eigenvalue weighted by atomic mass is 35.5. The molecule has 1 atom stereocenters. The minimum atomic E-state index is 0. The van der Waals surface area contributed by atoms with Crippen molar-refractivity contribution in [2.24, 2.45) is 11.7 Å². The smallest absolute Gasteiger partial charge is 0.224 e. The topological polar surface area (TPSA) is 58.4 Å². The van der Waals surface area contributed by atoms with Crippen LogP contribution in [0.3, 0.4) is 0 Å². The lowest BCUT2D eigenvalue weighted by Gasteiger charge is -2.32. The minimum Gasteiger partial charge on any atom is -0.355 e. The molecule has 1 fully saturated rings. The van der Waals surface area contributed by atoms with Crippen LogP contribution < -0.4 is 11.1 Å². The first-order valence-corrected chi connectivity index (χ1v) is 7.86. The zero-order valence-electron chi connectivity index (χ0n) is 13.6. The fourth-order valence-electron chi connectivity index (χ4n) is 2.96. The maximum Gasteiger partial charge on any atom is 0.224 e. The van der Waals surface area contributed by atoms with Gasteiger partial charge in [0.25, 0.3) is 0 Å². The van der Waals surface area contributed by atoms with Crippen LogP contribution in [0.2, 0.25) is 0 Å². The van der Waals surface area contributed by atoms with Crippen molar-refractivity contribution in [2.75, 3.05) is 26.2 Å². The number of hydrogen-bond acceptors (Lipinski definition) is 3. The highest BCUT2D eigenvalue weighted by molar-refractivity contribution is 5.85. The van der Waals surface area contributed by atoms with Crippen molar-refractivity contribution >= 4 is 18.3 Å². The van der Waals surface area contributed by atoms with Gasteiger partial charge in [-0.05, 0) is 44.4 Å². The normalized spacial score (nSPS) is 18.6. The second-order valence-electron chi connectivity index (χ2n) is 6.08. The van der Waals surface area contributed by atoms with Gasteiger partial charge in [-0.15, -0.1) is 12.4 Å². The summed E-state index contributed by atoms with van der Waals surface area (Å²) in [6, 6.07) is 6.59. The summed E-state index contributed by atoms with van der Waals surface area (Å²) in [7, 11) is 0. The Bertz CT molecular complexity index is 493. The average Bonchev–Trinajstić information content (AvgIpc) is 2.49. The minimum absolute atomic E-state index is 0. The molecule has 2 rings (SSSR count). The number of nitrogens with one attached hydrogen (secondary N) is 1.